The van der Waals surface area contributed by atoms with E-state index in [0.29, 0.717) is 6.04 Å². The number of nitrogens with one attached hydrogen (secondary N) is 1. The normalized spacial score (nSPS) is 16.1. The maximum absolute atomic E-state index is 5.98. The van der Waals surface area contributed by atoms with Gasteiger partial charge in [0.2, 0.25) is 0 Å². The Balaban J connectivity index is 2.90. The molecule has 20 heavy (non-hydrogen) atoms. The average Bonchev–Trinajstić information content (AvgIpc) is 2.44. The molecule has 2 atom stereocenters. The zero-order valence-corrected chi connectivity index (χ0v) is 14.3. The summed E-state index contributed by atoms with van der Waals surface area (Å²) >= 11 is 5.98. The summed E-state index contributed by atoms with van der Waals surface area (Å²) in [5, 5.41) is 4.53. The molecule has 0 amide bonds. The van der Waals surface area contributed by atoms with Gasteiger partial charge in [-0.3, -0.25) is 0 Å². The molecule has 3 heteroatoms. The minimum atomic E-state index is 0.148. The van der Waals surface area contributed by atoms with Crippen molar-refractivity contribution in [1.82, 2.24) is 10.2 Å². The maximum atomic E-state index is 5.98. The molecule has 0 bridgehead atoms. The van der Waals surface area contributed by atoms with Gasteiger partial charge in [0, 0.05) is 16.6 Å². The Bertz CT molecular complexity index is 388. The lowest BCUT2D eigenvalue weighted by molar-refractivity contribution is 0.112. The van der Waals surface area contributed by atoms with E-state index in [9.17, 15) is 0 Å². The van der Waals surface area contributed by atoms with Crippen molar-refractivity contribution in [2.75, 3.05) is 20.6 Å². The fourth-order valence-corrected chi connectivity index (χ4v) is 2.69. The number of hydrogen-bond acceptors (Lipinski definition) is 2. The Morgan fingerprint density at radius 2 is 1.80 bits per heavy atom. The van der Waals surface area contributed by atoms with E-state index >= 15 is 0 Å². The molecule has 0 spiro atoms. The Morgan fingerprint density at radius 1 is 1.20 bits per heavy atom. The van der Waals surface area contributed by atoms with Crippen molar-refractivity contribution in [1.29, 1.82) is 0 Å². The van der Waals surface area contributed by atoms with Crippen LogP contribution in [0.4, 0.5) is 0 Å². The average molecular weight is 297 g/mol. The predicted octanol–water partition coefficient (Wildman–Crippen LogP) is 3.98. The van der Waals surface area contributed by atoms with Crippen LogP contribution in [0.25, 0.3) is 0 Å². The summed E-state index contributed by atoms with van der Waals surface area (Å²) in [6.07, 6.45) is 3.30. The zero-order chi connectivity index (χ0) is 15.2. The highest BCUT2D eigenvalue weighted by atomic mass is 35.5. The highest BCUT2D eigenvalue weighted by Crippen LogP contribution is 2.24. The summed E-state index contributed by atoms with van der Waals surface area (Å²) in [5.41, 5.74) is 1.49. The minimum absolute atomic E-state index is 0.148. The first-order valence-electron chi connectivity index (χ1n) is 7.59. The second kappa shape index (κ2) is 8.02. The van der Waals surface area contributed by atoms with Crippen LogP contribution in [-0.4, -0.2) is 37.1 Å². The van der Waals surface area contributed by atoms with E-state index in [1.165, 1.54) is 5.56 Å². The standard InChI is InChI=1S/C17H29ClN2/c1-6-12-19-16(17(3,7-2)20(4)5)13-14-8-10-15(18)11-9-14/h8-11,16,19H,6-7,12-13H2,1-5H3. The van der Waals surface area contributed by atoms with Gasteiger partial charge in [0.05, 0.1) is 0 Å². The van der Waals surface area contributed by atoms with Gasteiger partial charge in [-0.2, -0.15) is 0 Å². The molecule has 0 radical (unpaired) electrons. The van der Waals surface area contributed by atoms with Crippen molar-refractivity contribution in [3.63, 3.8) is 0 Å². The van der Waals surface area contributed by atoms with Gasteiger partial charge < -0.3 is 10.2 Å². The maximum Gasteiger partial charge on any atom is 0.0406 e. The summed E-state index contributed by atoms with van der Waals surface area (Å²) < 4.78 is 0. The van der Waals surface area contributed by atoms with Crippen LogP contribution < -0.4 is 5.32 Å². The first-order valence-corrected chi connectivity index (χ1v) is 7.97. The van der Waals surface area contributed by atoms with E-state index < -0.39 is 0 Å². The molecule has 0 aliphatic rings. The molecule has 0 heterocycles. The molecule has 114 valence electrons. The predicted molar refractivity (Wildman–Crippen MR) is 89.6 cm³/mol. The molecule has 1 N–H and O–H groups in total. The Kier molecular flexibility index (Phi) is 7.01. The molecular formula is C17H29ClN2. The lowest BCUT2D eigenvalue weighted by atomic mass is 9.84. The van der Waals surface area contributed by atoms with Crippen LogP contribution in [0.1, 0.15) is 39.2 Å². The minimum Gasteiger partial charge on any atom is -0.312 e. The van der Waals surface area contributed by atoms with Crippen LogP contribution >= 0.6 is 11.6 Å². The molecule has 0 saturated carbocycles. The van der Waals surface area contributed by atoms with Gasteiger partial charge in [-0.1, -0.05) is 37.6 Å². The molecule has 0 aromatic heterocycles. The molecule has 2 unspecified atom stereocenters. The van der Waals surface area contributed by atoms with Crippen LogP contribution in [0.5, 0.6) is 0 Å². The monoisotopic (exact) mass is 296 g/mol. The smallest absolute Gasteiger partial charge is 0.0406 e. The van der Waals surface area contributed by atoms with Gasteiger partial charge in [0.25, 0.3) is 0 Å². The van der Waals surface area contributed by atoms with Crippen LogP contribution in [0.15, 0.2) is 24.3 Å². The number of halogens is 1. The molecule has 2 nitrogen and oxygen atoms in total. The molecular weight excluding hydrogens is 268 g/mol. The Hall–Kier alpha value is -0.570. The third-order valence-corrected chi connectivity index (χ3v) is 4.73. The summed E-state index contributed by atoms with van der Waals surface area (Å²) in [5.74, 6) is 0. The Labute approximate surface area is 129 Å². The lowest BCUT2D eigenvalue weighted by Crippen LogP contribution is -2.57. The van der Waals surface area contributed by atoms with Gasteiger partial charge >= 0.3 is 0 Å². The van der Waals surface area contributed by atoms with E-state index in [0.717, 1.165) is 30.8 Å². The first-order chi connectivity index (χ1) is 9.43. The SMILES string of the molecule is CCCNC(Cc1ccc(Cl)cc1)C(C)(CC)N(C)C. The van der Waals surface area contributed by atoms with Crippen molar-refractivity contribution < 1.29 is 0 Å². The molecule has 0 fully saturated rings. The zero-order valence-electron chi connectivity index (χ0n) is 13.5. The van der Waals surface area contributed by atoms with E-state index in [1.807, 2.05) is 12.1 Å². The van der Waals surface area contributed by atoms with Crippen LogP contribution in [0.2, 0.25) is 5.02 Å². The number of likely N-dealkylation sites (N-methyl/N-ethyl adjacent to an activating group) is 1. The fraction of sp³-hybridized carbons (Fsp3) is 0.647. The summed E-state index contributed by atoms with van der Waals surface area (Å²) in [7, 11) is 4.35. The quantitative estimate of drug-likeness (QED) is 0.780. The van der Waals surface area contributed by atoms with Gasteiger partial charge in [-0.05, 0) is 64.5 Å². The van der Waals surface area contributed by atoms with Crippen LogP contribution in [0.3, 0.4) is 0 Å². The van der Waals surface area contributed by atoms with E-state index in [-0.39, 0.29) is 5.54 Å². The van der Waals surface area contributed by atoms with Crippen molar-refractivity contribution >= 4 is 11.6 Å². The van der Waals surface area contributed by atoms with Gasteiger partial charge in [0.1, 0.15) is 0 Å². The molecule has 1 aromatic rings. The largest absolute Gasteiger partial charge is 0.312 e. The Morgan fingerprint density at radius 3 is 2.25 bits per heavy atom. The topological polar surface area (TPSA) is 15.3 Å². The molecule has 0 aliphatic heterocycles. The van der Waals surface area contributed by atoms with Gasteiger partial charge in [0.15, 0.2) is 0 Å². The molecule has 1 rings (SSSR count). The highest BCUT2D eigenvalue weighted by molar-refractivity contribution is 6.30. The second-order valence-corrected chi connectivity index (χ2v) is 6.38. The molecule has 0 saturated heterocycles. The van der Waals surface area contributed by atoms with Crippen molar-refractivity contribution in [2.45, 2.75) is 51.6 Å². The number of rotatable bonds is 8. The van der Waals surface area contributed by atoms with Crippen molar-refractivity contribution in [2.24, 2.45) is 0 Å². The van der Waals surface area contributed by atoms with E-state index in [4.69, 9.17) is 11.6 Å². The lowest BCUT2D eigenvalue weighted by Gasteiger charge is -2.43. The third kappa shape index (κ3) is 4.47. The van der Waals surface area contributed by atoms with Crippen molar-refractivity contribution in [3.05, 3.63) is 34.9 Å². The highest BCUT2D eigenvalue weighted by Gasteiger charge is 2.34. The van der Waals surface area contributed by atoms with Gasteiger partial charge in [-0.25, -0.2) is 0 Å². The van der Waals surface area contributed by atoms with E-state index in [1.54, 1.807) is 0 Å². The number of hydrogen-bond donors (Lipinski definition) is 1. The van der Waals surface area contributed by atoms with Gasteiger partial charge in [-0.15, -0.1) is 0 Å². The van der Waals surface area contributed by atoms with E-state index in [2.05, 4.69) is 57.2 Å². The fourth-order valence-electron chi connectivity index (χ4n) is 2.56. The number of benzene rings is 1. The van der Waals surface area contributed by atoms with Crippen LogP contribution in [-0.2, 0) is 6.42 Å². The molecule has 1 aromatic carbocycles. The number of nitrogens with zero attached hydrogens (tertiary/aromatic N) is 1. The molecule has 0 aliphatic carbocycles. The first kappa shape index (κ1) is 17.5. The third-order valence-electron chi connectivity index (χ3n) is 4.48. The summed E-state index contributed by atoms with van der Waals surface area (Å²) in [4.78, 5) is 2.34. The van der Waals surface area contributed by atoms with Crippen molar-refractivity contribution in [3.8, 4) is 0 Å². The summed E-state index contributed by atoms with van der Waals surface area (Å²) in [6, 6.07) is 8.66. The van der Waals surface area contributed by atoms with Crippen LogP contribution in [0, 0.1) is 0 Å². The summed E-state index contributed by atoms with van der Waals surface area (Å²) in [6.45, 7) is 7.88. The second-order valence-electron chi connectivity index (χ2n) is 5.94.